The van der Waals surface area contributed by atoms with Gasteiger partial charge in [-0.3, -0.25) is 0 Å². The zero-order valence-corrected chi connectivity index (χ0v) is 71.6. The van der Waals surface area contributed by atoms with Gasteiger partial charge in [-0.05, 0) is 175 Å². The Hall–Kier alpha value is -12.0. The van der Waals surface area contributed by atoms with Gasteiger partial charge in [0.15, 0.2) is 0 Å². The lowest BCUT2D eigenvalue weighted by atomic mass is 10.0. The van der Waals surface area contributed by atoms with Crippen LogP contribution in [0.1, 0.15) is 105 Å². The van der Waals surface area contributed by atoms with E-state index in [4.69, 9.17) is 8.83 Å². The highest BCUT2D eigenvalue weighted by Gasteiger charge is 2.23. The van der Waals surface area contributed by atoms with E-state index in [1.807, 2.05) is 153 Å². The molecule has 17 aromatic carbocycles. The Bertz CT molecular complexity index is 7170. The van der Waals surface area contributed by atoms with Crippen molar-refractivity contribution in [3.63, 3.8) is 0 Å². The number of benzene rings is 17. The van der Waals surface area contributed by atoms with Crippen LogP contribution in [-0.2, 0) is 12.8 Å². The molecule has 25 rings (SSSR count). The van der Waals surface area contributed by atoms with E-state index in [1.165, 1.54) is 179 Å². The molecule has 0 amide bonds. The molecule has 0 N–H and O–H groups in total. The fourth-order valence-corrected chi connectivity index (χ4v) is 20.3. The number of rotatable bonds is 0. The molecule has 574 valence electrons. The van der Waals surface area contributed by atoms with E-state index in [-0.39, 0.29) is 0 Å². The first-order valence-corrected chi connectivity index (χ1v) is 44.6. The SMILES string of the molecule is CC.CC.CC.CC.CC.CC.c1ccc2c(c1)Cc1cc3c(cc1-2)oc1ccccc13.c1ccc2c(c1)Cc1cc3oc4ccccc4c3cc1-2.c1ccc2c(c1)ccc1c3ccccc3sc21.c1ccc2c(c1)ccc1sc3ccccc3c12.c1ccc2c(c1)sc1ccccc12.c1ccc2cc3c(cc2c1)sc1ccccc13. The van der Waals surface area contributed by atoms with Gasteiger partial charge in [0, 0.05) is 102 Å². The van der Waals surface area contributed by atoms with Gasteiger partial charge in [-0.2, -0.15) is 0 Å². The third-order valence-corrected chi connectivity index (χ3v) is 25.3. The van der Waals surface area contributed by atoms with E-state index in [1.54, 1.807) is 0 Å². The minimum atomic E-state index is 0.972. The highest BCUT2D eigenvalue weighted by molar-refractivity contribution is 7.27. The van der Waals surface area contributed by atoms with E-state index in [0.717, 1.165) is 35.2 Å². The standard InChI is InChI=1S/2C19H12O.3C16H10S.C12H8S.6C2H6/c1-2-6-14-12(5-1)9-13-10-19-17(11-16(13)14)15-7-3-4-8-18(15)20-19;1-2-6-14-12(5-1)9-13-10-17-15-7-3-4-8-18(15)20-19(17)11-16(13)14;1-2-6-12-10-16-14(9-11(12)5-1)13-7-3-4-8-15(13)17-16;1-2-6-12-11(5-1)9-10-14-13-7-3-4-8-15(13)17-16(12)14;1-2-6-12-11(5-1)9-10-15-16(12)13-7-3-4-8-14(13)17-15;1-3-7-11-9(5-1)10-6-2-4-8-12(10)13-11;6*1-2/h2*1-8,10-11H,9H2;3*1-10H;1-8H;6*1-2H3. The summed E-state index contributed by atoms with van der Waals surface area (Å²) in [6.07, 6.45) is 2.04. The molecule has 2 nitrogen and oxygen atoms in total. The average molecular weight is 1580 g/mol. The molecule has 0 fully saturated rings. The zero-order valence-electron chi connectivity index (χ0n) is 68.4. The molecule has 116 heavy (non-hydrogen) atoms. The maximum Gasteiger partial charge on any atom is 0.136 e. The molecule has 0 spiro atoms. The highest BCUT2D eigenvalue weighted by Crippen LogP contribution is 2.45. The summed E-state index contributed by atoms with van der Waals surface area (Å²) in [5, 5.41) is 23.9. The van der Waals surface area contributed by atoms with Crippen molar-refractivity contribution in [2.45, 2.75) is 95.9 Å². The fraction of sp³-hybridized carbons (Fsp3) is 0.127. The van der Waals surface area contributed by atoms with Gasteiger partial charge < -0.3 is 8.83 Å². The monoisotopic (exact) mass is 1580 g/mol. The van der Waals surface area contributed by atoms with Crippen LogP contribution in [0.4, 0.5) is 0 Å². The van der Waals surface area contributed by atoms with Crippen molar-refractivity contribution in [2.24, 2.45) is 0 Å². The molecule has 0 unspecified atom stereocenters. The molecule has 0 aliphatic heterocycles. The largest absolute Gasteiger partial charge is 0.456 e. The first kappa shape index (κ1) is 80.6. The number of fused-ring (bicyclic) bond motifs is 29. The van der Waals surface area contributed by atoms with Gasteiger partial charge in [-0.15, -0.1) is 45.3 Å². The summed E-state index contributed by atoms with van der Waals surface area (Å²) in [5.41, 5.74) is 15.0. The van der Waals surface area contributed by atoms with Crippen LogP contribution in [0.5, 0.6) is 0 Å². The van der Waals surface area contributed by atoms with Crippen LogP contribution in [0.3, 0.4) is 0 Å². The van der Waals surface area contributed by atoms with Crippen LogP contribution < -0.4 is 0 Å². The van der Waals surface area contributed by atoms with Crippen molar-refractivity contribution in [1.29, 1.82) is 0 Å². The Morgan fingerprint density at radius 3 is 1.09 bits per heavy atom. The third kappa shape index (κ3) is 16.1. The van der Waals surface area contributed by atoms with Gasteiger partial charge in [-0.1, -0.05) is 350 Å². The van der Waals surface area contributed by atoms with Crippen molar-refractivity contribution in [2.75, 3.05) is 0 Å². The average Bonchev–Trinajstić information content (AvgIpc) is 1.60. The van der Waals surface area contributed by atoms with Crippen molar-refractivity contribution < 1.29 is 8.83 Å². The summed E-state index contributed by atoms with van der Waals surface area (Å²) in [4.78, 5) is 0. The summed E-state index contributed by atoms with van der Waals surface area (Å²) in [7, 11) is 0. The molecule has 2 aliphatic rings. The maximum absolute atomic E-state index is 5.99. The third-order valence-electron chi connectivity index (χ3n) is 20.6. The molecule has 0 bridgehead atoms. The molecule has 0 saturated heterocycles. The number of para-hydroxylation sites is 2. The number of hydrogen-bond donors (Lipinski definition) is 0. The van der Waals surface area contributed by atoms with Crippen LogP contribution in [0.2, 0.25) is 0 Å². The van der Waals surface area contributed by atoms with Crippen LogP contribution in [0.15, 0.2) is 361 Å². The topological polar surface area (TPSA) is 26.3 Å². The lowest BCUT2D eigenvalue weighted by Crippen LogP contribution is -1.79. The summed E-state index contributed by atoms with van der Waals surface area (Å²) < 4.78 is 23.0. The van der Waals surface area contributed by atoms with Gasteiger partial charge in [-0.25, -0.2) is 0 Å². The van der Waals surface area contributed by atoms with Crippen LogP contribution in [-0.4, -0.2) is 0 Å². The Morgan fingerprint density at radius 1 is 0.181 bits per heavy atom. The van der Waals surface area contributed by atoms with E-state index < -0.39 is 0 Å². The van der Waals surface area contributed by atoms with Crippen molar-refractivity contribution in [1.82, 2.24) is 0 Å². The van der Waals surface area contributed by atoms with Gasteiger partial charge in [0.25, 0.3) is 0 Å². The molecular formula is C110H98O2S4. The molecule has 2 aliphatic carbocycles. The molecule has 0 atom stereocenters. The Balaban J connectivity index is 0.000000112. The molecule has 23 aromatic rings. The number of hydrogen-bond acceptors (Lipinski definition) is 6. The zero-order chi connectivity index (χ0) is 80.6. The smallest absolute Gasteiger partial charge is 0.136 e. The summed E-state index contributed by atoms with van der Waals surface area (Å²) >= 11 is 7.51. The minimum absolute atomic E-state index is 0.972. The normalized spacial score (nSPS) is 11.0. The van der Waals surface area contributed by atoms with Crippen molar-refractivity contribution >= 4 is 202 Å². The molecule has 6 heteroatoms. The van der Waals surface area contributed by atoms with E-state index in [9.17, 15) is 0 Å². The predicted molar refractivity (Wildman–Crippen MR) is 522 cm³/mol. The second-order valence-corrected chi connectivity index (χ2v) is 31.1. The summed E-state index contributed by atoms with van der Waals surface area (Å²) in [6, 6.07) is 125. The van der Waals surface area contributed by atoms with Gasteiger partial charge >= 0.3 is 0 Å². The fourth-order valence-electron chi connectivity index (χ4n) is 15.7. The maximum atomic E-state index is 5.99. The lowest BCUT2D eigenvalue weighted by molar-refractivity contribution is 0.668. The molecular weight excluding hydrogens is 1480 g/mol. The summed E-state index contributed by atoms with van der Waals surface area (Å²) in [5.74, 6) is 0. The second kappa shape index (κ2) is 38.0. The number of thiophene rings is 4. The Morgan fingerprint density at radius 2 is 0.534 bits per heavy atom. The van der Waals surface area contributed by atoms with Gasteiger partial charge in [0.05, 0.1) is 0 Å². The van der Waals surface area contributed by atoms with E-state index in [0.29, 0.717) is 0 Å². The highest BCUT2D eigenvalue weighted by atomic mass is 32.1. The van der Waals surface area contributed by atoms with Gasteiger partial charge in [0.1, 0.15) is 22.3 Å². The van der Waals surface area contributed by atoms with Crippen molar-refractivity contribution in [3.8, 4) is 22.3 Å². The molecule has 0 saturated carbocycles. The Kier molecular flexibility index (Phi) is 26.4. The van der Waals surface area contributed by atoms with E-state index >= 15 is 0 Å². The van der Waals surface area contributed by atoms with Crippen LogP contribution in [0, 0.1) is 0 Å². The van der Waals surface area contributed by atoms with Crippen LogP contribution in [0.25, 0.3) is 179 Å². The predicted octanol–water partition coefficient (Wildman–Crippen LogP) is 36.1. The lowest BCUT2D eigenvalue weighted by Gasteiger charge is -2.00. The molecule has 6 aromatic heterocycles. The second-order valence-electron chi connectivity index (χ2n) is 26.8. The quantitative estimate of drug-likeness (QED) is 0.151. The van der Waals surface area contributed by atoms with Gasteiger partial charge in [0.2, 0.25) is 0 Å². The molecule has 0 radical (unpaired) electrons. The van der Waals surface area contributed by atoms with E-state index in [2.05, 4.69) is 328 Å². The first-order chi connectivity index (χ1) is 57.5. The van der Waals surface area contributed by atoms with Crippen LogP contribution >= 0.6 is 45.3 Å². The minimum Gasteiger partial charge on any atom is -0.456 e. The Labute approximate surface area is 697 Å². The summed E-state index contributed by atoms with van der Waals surface area (Å²) in [6.45, 7) is 24.0. The molecule has 6 heterocycles. The van der Waals surface area contributed by atoms with Crippen molar-refractivity contribution in [3.05, 3.63) is 374 Å². The number of furan rings is 2. The first-order valence-electron chi connectivity index (χ1n) is 41.3.